The first-order chi connectivity index (χ1) is 8.43. The second-order valence-corrected chi connectivity index (χ2v) is 5.87. The minimum Gasteiger partial charge on any atom is -0.314 e. The molecule has 2 heterocycles. The first-order valence-corrected chi connectivity index (χ1v) is 7.50. The van der Waals surface area contributed by atoms with Crippen LogP contribution in [0.5, 0.6) is 0 Å². The van der Waals surface area contributed by atoms with E-state index in [0.717, 1.165) is 0 Å². The van der Waals surface area contributed by atoms with Crippen molar-refractivity contribution >= 4 is 21.4 Å². The highest BCUT2D eigenvalue weighted by atomic mass is 32.1. The number of benzene rings is 1. The Balaban J connectivity index is 1.79. The van der Waals surface area contributed by atoms with Crippen LogP contribution in [0.15, 0.2) is 29.6 Å². The van der Waals surface area contributed by atoms with Crippen molar-refractivity contribution in [2.75, 3.05) is 6.54 Å². The lowest BCUT2D eigenvalue weighted by Crippen LogP contribution is -2.30. The third-order valence-corrected chi connectivity index (χ3v) is 4.70. The SMILES string of the molecule is c1ccc2c(CC3CCCCCN3)csc2c1. The van der Waals surface area contributed by atoms with Crippen LogP contribution < -0.4 is 5.32 Å². The number of hydrogen-bond donors (Lipinski definition) is 1. The van der Waals surface area contributed by atoms with Gasteiger partial charge in [0.25, 0.3) is 0 Å². The van der Waals surface area contributed by atoms with Crippen molar-refractivity contribution in [2.24, 2.45) is 0 Å². The Morgan fingerprint density at radius 3 is 3.12 bits per heavy atom. The molecular weight excluding hydrogens is 226 g/mol. The van der Waals surface area contributed by atoms with Crippen LogP contribution in [-0.2, 0) is 6.42 Å². The normalized spacial score (nSPS) is 21.5. The summed E-state index contributed by atoms with van der Waals surface area (Å²) in [5, 5.41) is 7.50. The van der Waals surface area contributed by atoms with Gasteiger partial charge in [-0.05, 0) is 48.2 Å². The van der Waals surface area contributed by atoms with Gasteiger partial charge in [-0.15, -0.1) is 11.3 Å². The minimum atomic E-state index is 0.690. The molecule has 1 saturated heterocycles. The van der Waals surface area contributed by atoms with Crippen molar-refractivity contribution < 1.29 is 0 Å². The second kappa shape index (κ2) is 5.19. The van der Waals surface area contributed by atoms with Crippen molar-refractivity contribution in [3.8, 4) is 0 Å². The van der Waals surface area contributed by atoms with E-state index in [4.69, 9.17) is 0 Å². The maximum atomic E-state index is 3.69. The molecule has 1 aromatic heterocycles. The average molecular weight is 245 g/mol. The molecule has 2 aromatic rings. The summed E-state index contributed by atoms with van der Waals surface area (Å²) in [6.07, 6.45) is 6.67. The Bertz CT molecular complexity index is 480. The molecule has 0 amide bonds. The van der Waals surface area contributed by atoms with E-state index in [1.165, 1.54) is 54.3 Å². The lowest BCUT2D eigenvalue weighted by atomic mass is 10.0. The lowest BCUT2D eigenvalue weighted by Gasteiger charge is -2.15. The van der Waals surface area contributed by atoms with Crippen LogP contribution in [0.25, 0.3) is 10.1 Å². The van der Waals surface area contributed by atoms with Gasteiger partial charge < -0.3 is 5.32 Å². The zero-order chi connectivity index (χ0) is 11.5. The van der Waals surface area contributed by atoms with Gasteiger partial charge in [-0.1, -0.05) is 31.0 Å². The monoisotopic (exact) mass is 245 g/mol. The quantitative estimate of drug-likeness (QED) is 0.844. The summed E-state index contributed by atoms with van der Waals surface area (Å²) in [5.41, 5.74) is 1.53. The van der Waals surface area contributed by atoms with Gasteiger partial charge in [-0.3, -0.25) is 0 Å². The first kappa shape index (κ1) is 11.2. The van der Waals surface area contributed by atoms with Gasteiger partial charge >= 0.3 is 0 Å². The molecule has 3 rings (SSSR count). The molecule has 90 valence electrons. The van der Waals surface area contributed by atoms with E-state index >= 15 is 0 Å². The zero-order valence-corrected chi connectivity index (χ0v) is 10.9. The third-order valence-electron chi connectivity index (χ3n) is 3.69. The Labute approximate surface area is 107 Å². The van der Waals surface area contributed by atoms with Crippen molar-refractivity contribution in [1.82, 2.24) is 5.32 Å². The molecule has 1 unspecified atom stereocenters. The van der Waals surface area contributed by atoms with Crippen LogP contribution in [0.1, 0.15) is 31.2 Å². The van der Waals surface area contributed by atoms with E-state index in [1.807, 2.05) is 11.3 Å². The maximum absolute atomic E-state index is 3.69. The van der Waals surface area contributed by atoms with Crippen LogP contribution in [0, 0.1) is 0 Å². The van der Waals surface area contributed by atoms with E-state index in [9.17, 15) is 0 Å². The van der Waals surface area contributed by atoms with E-state index in [1.54, 1.807) is 0 Å². The first-order valence-electron chi connectivity index (χ1n) is 6.62. The number of rotatable bonds is 2. The molecule has 0 spiro atoms. The van der Waals surface area contributed by atoms with Gasteiger partial charge in [-0.2, -0.15) is 0 Å². The molecule has 1 nitrogen and oxygen atoms in total. The van der Waals surface area contributed by atoms with Gasteiger partial charge in [0, 0.05) is 10.7 Å². The summed E-state index contributed by atoms with van der Waals surface area (Å²) in [4.78, 5) is 0. The van der Waals surface area contributed by atoms with Gasteiger partial charge in [-0.25, -0.2) is 0 Å². The van der Waals surface area contributed by atoms with Crippen LogP contribution in [0.4, 0.5) is 0 Å². The van der Waals surface area contributed by atoms with E-state index < -0.39 is 0 Å². The molecule has 0 bridgehead atoms. The highest BCUT2D eigenvalue weighted by molar-refractivity contribution is 7.17. The Hall–Kier alpha value is -0.860. The molecule has 1 aliphatic rings. The largest absolute Gasteiger partial charge is 0.314 e. The molecule has 1 aliphatic heterocycles. The molecular formula is C15H19NS. The molecule has 0 saturated carbocycles. The lowest BCUT2D eigenvalue weighted by molar-refractivity contribution is 0.509. The molecule has 17 heavy (non-hydrogen) atoms. The average Bonchev–Trinajstić information content (AvgIpc) is 2.59. The van der Waals surface area contributed by atoms with E-state index in [0.29, 0.717) is 6.04 Å². The highest BCUT2D eigenvalue weighted by Crippen LogP contribution is 2.27. The number of nitrogens with one attached hydrogen (secondary N) is 1. The molecule has 0 radical (unpaired) electrons. The smallest absolute Gasteiger partial charge is 0.0345 e. The molecule has 1 aromatic carbocycles. The van der Waals surface area contributed by atoms with Gasteiger partial charge in [0.05, 0.1) is 0 Å². The van der Waals surface area contributed by atoms with Gasteiger partial charge in [0.2, 0.25) is 0 Å². The van der Waals surface area contributed by atoms with E-state index in [2.05, 4.69) is 35.0 Å². The Morgan fingerprint density at radius 1 is 1.18 bits per heavy atom. The van der Waals surface area contributed by atoms with Crippen LogP contribution in [0.3, 0.4) is 0 Å². The fraction of sp³-hybridized carbons (Fsp3) is 0.467. The number of hydrogen-bond acceptors (Lipinski definition) is 2. The minimum absolute atomic E-state index is 0.690. The number of fused-ring (bicyclic) bond motifs is 1. The molecule has 1 atom stereocenters. The third kappa shape index (κ3) is 2.53. The predicted octanol–water partition coefficient (Wildman–Crippen LogP) is 3.98. The predicted molar refractivity (Wildman–Crippen MR) is 75.8 cm³/mol. The maximum Gasteiger partial charge on any atom is 0.0345 e. The van der Waals surface area contributed by atoms with Crippen molar-refractivity contribution in [3.05, 3.63) is 35.2 Å². The Morgan fingerprint density at radius 2 is 2.12 bits per heavy atom. The molecule has 1 N–H and O–H groups in total. The standard InChI is InChI=1S/C15H19NS/c1-2-6-13(16-9-5-1)10-12-11-17-15-8-4-3-7-14(12)15/h3-4,7-8,11,13,16H,1-2,5-6,9-10H2. The summed E-state index contributed by atoms with van der Waals surface area (Å²) >= 11 is 1.88. The number of thiophene rings is 1. The van der Waals surface area contributed by atoms with Crippen LogP contribution >= 0.6 is 11.3 Å². The van der Waals surface area contributed by atoms with Crippen LogP contribution in [-0.4, -0.2) is 12.6 Å². The van der Waals surface area contributed by atoms with Crippen LogP contribution in [0.2, 0.25) is 0 Å². The molecule has 2 heteroatoms. The summed E-state index contributed by atoms with van der Waals surface area (Å²) in [6, 6.07) is 9.46. The summed E-state index contributed by atoms with van der Waals surface area (Å²) < 4.78 is 1.43. The summed E-state index contributed by atoms with van der Waals surface area (Å²) in [6.45, 7) is 1.20. The molecule has 1 fully saturated rings. The highest BCUT2D eigenvalue weighted by Gasteiger charge is 2.13. The van der Waals surface area contributed by atoms with Gasteiger partial charge in [0.1, 0.15) is 0 Å². The van der Waals surface area contributed by atoms with Crippen molar-refractivity contribution in [2.45, 2.75) is 38.1 Å². The zero-order valence-electron chi connectivity index (χ0n) is 10.1. The fourth-order valence-electron chi connectivity index (χ4n) is 2.73. The van der Waals surface area contributed by atoms with Gasteiger partial charge in [0.15, 0.2) is 0 Å². The second-order valence-electron chi connectivity index (χ2n) is 4.96. The van der Waals surface area contributed by atoms with Crippen molar-refractivity contribution in [3.63, 3.8) is 0 Å². The molecule has 0 aliphatic carbocycles. The fourth-order valence-corrected chi connectivity index (χ4v) is 3.71. The summed E-state index contributed by atoms with van der Waals surface area (Å²) in [7, 11) is 0. The topological polar surface area (TPSA) is 12.0 Å². The van der Waals surface area contributed by atoms with Crippen molar-refractivity contribution in [1.29, 1.82) is 0 Å². The summed E-state index contributed by atoms with van der Waals surface area (Å²) in [5.74, 6) is 0. The Kier molecular flexibility index (Phi) is 3.44. The van der Waals surface area contributed by atoms with E-state index in [-0.39, 0.29) is 0 Å².